The van der Waals surface area contributed by atoms with Crippen molar-refractivity contribution >= 4 is 23.9 Å². The van der Waals surface area contributed by atoms with E-state index < -0.39 is 24.3 Å². The number of likely N-dealkylation sites (tertiary alicyclic amines) is 1. The molecule has 42 heavy (non-hydrogen) atoms. The lowest BCUT2D eigenvalue weighted by atomic mass is 9.60. The molecular weight excluding hydrogens is 576 g/mol. The number of halogens is 6. The molecule has 1 heterocycles. The lowest BCUT2D eigenvalue weighted by Gasteiger charge is -2.59. The van der Waals surface area contributed by atoms with Crippen LogP contribution in [0.3, 0.4) is 0 Å². The Morgan fingerprint density at radius 3 is 1.98 bits per heavy atom. The number of aliphatic hydroxyl groups excluding tert-OH is 1. The van der Waals surface area contributed by atoms with Crippen LogP contribution in [0.1, 0.15) is 38.2 Å². The summed E-state index contributed by atoms with van der Waals surface area (Å²) in [6, 6.07) is 11.9. The first-order valence-electron chi connectivity index (χ1n) is 13.2. The highest BCUT2D eigenvalue weighted by Crippen LogP contribution is 2.50. The summed E-state index contributed by atoms with van der Waals surface area (Å²) in [5.41, 5.74) is 3.33. The van der Waals surface area contributed by atoms with E-state index in [1.54, 1.807) is 5.57 Å². The van der Waals surface area contributed by atoms with Crippen molar-refractivity contribution in [1.82, 2.24) is 15.5 Å². The topological polar surface area (TPSA) is 139 Å². The van der Waals surface area contributed by atoms with Crippen molar-refractivity contribution in [3.8, 4) is 0 Å². The molecule has 1 aliphatic heterocycles. The summed E-state index contributed by atoms with van der Waals surface area (Å²) in [7, 11) is 0. The number of carboxylic acid groups (broad SMARTS) is 2. The third-order valence-electron chi connectivity index (χ3n) is 7.04. The van der Waals surface area contributed by atoms with Gasteiger partial charge in [-0.3, -0.25) is 9.69 Å². The lowest BCUT2D eigenvalue weighted by Crippen LogP contribution is -2.67. The molecule has 15 heteroatoms. The van der Waals surface area contributed by atoms with Crippen molar-refractivity contribution < 1.29 is 56.0 Å². The number of rotatable bonds is 9. The Kier molecular flexibility index (Phi) is 12.4. The Hall–Kier alpha value is -3.17. The number of aliphatic carboxylic acids is 2. The molecule has 3 aliphatic rings. The van der Waals surface area contributed by atoms with Gasteiger partial charge in [0.2, 0.25) is 5.91 Å². The van der Waals surface area contributed by atoms with Gasteiger partial charge in [0.25, 0.3) is 0 Å². The summed E-state index contributed by atoms with van der Waals surface area (Å²) in [6.07, 6.45) is -2.91. The average molecular weight is 612 g/mol. The molecule has 0 bridgehead atoms. The van der Waals surface area contributed by atoms with Crippen LogP contribution < -0.4 is 10.6 Å². The van der Waals surface area contributed by atoms with Crippen LogP contribution in [-0.4, -0.2) is 95.3 Å². The second-order valence-corrected chi connectivity index (χ2v) is 10.5. The molecule has 1 spiro atoms. The molecule has 9 nitrogen and oxygen atoms in total. The summed E-state index contributed by atoms with van der Waals surface area (Å²) in [5.74, 6) is -4.79. The van der Waals surface area contributed by atoms with Gasteiger partial charge in [0, 0.05) is 31.7 Å². The van der Waals surface area contributed by atoms with E-state index in [0.717, 1.165) is 19.5 Å². The van der Waals surface area contributed by atoms with Crippen LogP contribution in [0.4, 0.5) is 26.3 Å². The molecule has 236 valence electrons. The Balaban J connectivity index is 0.000000367. The number of aliphatic hydroxyl groups is 1. The van der Waals surface area contributed by atoms with Gasteiger partial charge >= 0.3 is 24.3 Å². The standard InChI is InChI=1S/C23H33N3O2.2C2HF3O2/c1-2-18(10-17-6-4-3-5-7-17)20-11-21(20)25-19-12-23(13-19)15-26(16-23)14-22(28)24-8-9-27;2*3-2(4,5)1(6)7/h3-7,10,19-21,25,27H,2,8-9,11-16H2,1H3,(H,24,28);2*(H,6,7)/b18-10+;;/t20-,21+;;/m0../s1. The van der Waals surface area contributed by atoms with Gasteiger partial charge < -0.3 is 26.0 Å². The van der Waals surface area contributed by atoms with E-state index in [1.165, 1.54) is 24.8 Å². The fourth-order valence-corrected chi connectivity index (χ4v) is 5.16. The normalized spacial score (nSPS) is 21.5. The molecule has 5 N–H and O–H groups in total. The van der Waals surface area contributed by atoms with E-state index in [4.69, 9.17) is 24.9 Å². The molecule has 2 aliphatic carbocycles. The second-order valence-electron chi connectivity index (χ2n) is 10.5. The van der Waals surface area contributed by atoms with Crippen molar-refractivity contribution in [3.05, 3.63) is 41.5 Å². The molecule has 2 saturated carbocycles. The Morgan fingerprint density at radius 1 is 1.00 bits per heavy atom. The van der Waals surface area contributed by atoms with E-state index in [-0.39, 0.29) is 12.5 Å². The maximum atomic E-state index is 11.7. The number of carbonyl (C=O) groups excluding carboxylic acids is 1. The van der Waals surface area contributed by atoms with Crippen LogP contribution in [0, 0.1) is 11.3 Å². The fourth-order valence-electron chi connectivity index (χ4n) is 5.16. The van der Waals surface area contributed by atoms with Gasteiger partial charge in [0.15, 0.2) is 0 Å². The fraction of sp³-hybridized carbons (Fsp3) is 0.593. The molecule has 4 rings (SSSR count). The summed E-state index contributed by atoms with van der Waals surface area (Å²) < 4.78 is 63.5. The summed E-state index contributed by atoms with van der Waals surface area (Å²) in [4.78, 5) is 31.7. The largest absolute Gasteiger partial charge is 0.490 e. The molecule has 1 aromatic carbocycles. The zero-order valence-corrected chi connectivity index (χ0v) is 22.8. The summed E-state index contributed by atoms with van der Waals surface area (Å²) in [5, 5.41) is 29.6. The molecule has 1 amide bonds. The molecule has 0 radical (unpaired) electrons. The number of carboxylic acids is 2. The molecule has 1 aromatic rings. The first kappa shape index (κ1) is 35.0. The van der Waals surface area contributed by atoms with Crippen molar-refractivity contribution in [2.45, 2.75) is 57.0 Å². The van der Waals surface area contributed by atoms with Crippen LogP contribution in [0.5, 0.6) is 0 Å². The van der Waals surface area contributed by atoms with E-state index in [2.05, 4.69) is 58.9 Å². The van der Waals surface area contributed by atoms with Gasteiger partial charge in [-0.25, -0.2) is 9.59 Å². The number of hydrogen-bond donors (Lipinski definition) is 5. The highest BCUT2D eigenvalue weighted by atomic mass is 19.4. The quantitative estimate of drug-likeness (QED) is 0.268. The lowest BCUT2D eigenvalue weighted by molar-refractivity contribution is -0.193. The molecule has 0 unspecified atom stereocenters. The molecule has 2 atom stereocenters. The van der Waals surface area contributed by atoms with Crippen molar-refractivity contribution in [3.63, 3.8) is 0 Å². The monoisotopic (exact) mass is 611 g/mol. The summed E-state index contributed by atoms with van der Waals surface area (Å²) >= 11 is 0. The summed E-state index contributed by atoms with van der Waals surface area (Å²) in [6.45, 7) is 5.17. The van der Waals surface area contributed by atoms with Crippen LogP contribution in [0.25, 0.3) is 6.08 Å². The number of hydrogen-bond acceptors (Lipinski definition) is 6. The van der Waals surface area contributed by atoms with Crippen LogP contribution in [-0.2, 0) is 14.4 Å². The minimum absolute atomic E-state index is 0.00543. The molecule has 0 aromatic heterocycles. The van der Waals surface area contributed by atoms with Crippen molar-refractivity contribution in [2.24, 2.45) is 11.3 Å². The van der Waals surface area contributed by atoms with E-state index in [9.17, 15) is 31.1 Å². The van der Waals surface area contributed by atoms with Gasteiger partial charge in [0.05, 0.1) is 13.2 Å². The van der Waals surface area contributed by atoms with Gasteiger partial charge in [-0.15, -0.1) is 0 Å². The van der Waals surface area contributed by atoms with E-state index >= 15 is 0 Å². The van der Waals surface area contributed by atoms with E-state index in [0.29, 0.717) is 36.5 Å². The minimum Gasteiger partial charge on any atom is -0.475 e. The van der Waals surface area contributed by atoms with Crippen molar-refractivity contribution in [2.75, 3.05) is 32.8 Å². The first-order valence-corrected chi connectivity index (χ1v) is 13.2. The van der Waals surface area contributed by atoms with Gasteiger partial charge in [-0.1, -0.05) is 48.9 Å². The minimum atomic E-state index is -5.08. The Bertz CT molecular complexity index is 1060. The highest BCUT2D eigenvalue weighted by molar-refractivity contribution is 5.78. The first-order chi connectivity index (χ1) is 19.5. The number of carbonyl (C=O) groups is 3. The van der Waals surface area contributed by atoms with Crippen molar-refractivity contribution in [1.29, 1.82) is 0 Å². The third-order valence-corrected chi connectivity index (χ3v) is 7.04. The number of alkyl halides is 6. The van der Waals surface area contributed by atoms with Gasteiger partial charge in [0.1, 0.15) is 0 Å². The van der Waals surface area contributed by atoms with Gasteiger partial charge in [-0.05, 0) is 42.6 Å². The zero-order valence-electron chi connectivity index (χ0n) is 22.8. The number of amides is 1. The molecule has 1 saturated heterocycles. The maximum Gasteiger partial charge on any atom is 0.490 e. The zero-order chi connectivity index (χ0) is 31.7. The second kappa shape index (κ2) is 14.8. The van der Waals surface area contributed by atoms with Gasteiger partial charge in [-0.2, -0.15) is 26.3 Å². The third kappa shape index (κ3) is 11.2. The average Bonchev–Trinajstić information content (AvgIpc) is 3.62. The van der Waals surface area contributed by atoms with Crippen LogP contribution in [0.2, 0.25) is 0 Å². The van der Waals surface area contributed by atoms with Crippen LogP contribution >= 0.6 is 0 Å². The Labute approximate surface area is 238 Å². The number of benzene rings is 1. The molecular formula is C27H35F6N3O6. The van der Waals surface area contributed by atoms with Crippen LogP contribution in [0.15, 0.2) is 35.9 Å². The SMILES string of the molecule is CC/C(=C\c1ccccc1)[C@@H]1C[C@H]1NC1CC2(C1)CN(CC(=O)NCCO)C2.O=C(O)C(F)(F)F.O=C(O)C(F)(F)F. The predicted octanol–water partition coefficient (Wildman–Crippen LogP) is 3.30. The highest BCUT2D eigenvalue weighted by Gasteiger charge is 2.54. The number of nitrogens with one attached hydrogen (secondary N) is 2. The van der Waals surface area contributed by atoms with E-state index in [1.807, 2.05) is 0 Å². The predicted molar refractivity (Wildman–Crippen MR) is 139 cm³/mol. The molecule has 3 fully saturated rings. The Morgan fingerprint density at radius 2 is 1.52 bits per heavy atom. The maximum absolute atomic E-state index is 11.7. The number of nitrogens with zero attached hydrogens (tertiary/aromatic N) is 1. The smallest absolute Gasteiger partial charge is 0.475 e.